The fourth-order valence-corrected chi connectivity index (χ4v) is 2.79. The second-order valence-electron chi connectivity index (χ2n) is 4.50. The van der Waals surface area contributed by atoms with Crippen LogP contribution < -0.4 is 11.1 Å². The predicted octanol–water partition coefficient (Wildman–Crippen LogP) is 3.34. The van der Waals surface area contributed by atoms with Crippen molar-refractivity contribution < 1.29 is 9.21 Å². The van der Waals surface area contributed by atoms with Gasteiger partial charge in [-0.25, -0.2) is 0 Å². The topological polar surface area (TPSA) is 68.3 Å². The van der Waals surface area contributed by atoms with Gasteiger partial charge in [-0.1, -0.05) is 0 Å². The molecule has 0 saturated heterocycles. The third kappa shape index (κ3) is 3.88. The number of carbonyl (C=O) groups excluding carboxylic acids is 1. The maximum atomic E-state index is 11.0. The van der Waals surface area contributed by atoms with Gasteiger partial charge in [-0.2, -0.15) is 0 Å². The Kier molecular flexibility index (Phi) is 4.87. The Hall–Kier alpha value is -1.72. The number of rotatable bonds is 5. The molecule has 2 aromatic rings. The Bertz CT molecular complexity index is 578. The van der Waals surface area contributed by atoms with E-state index in [2.05, 4.69) is 5.32 Å². The number of thioether (sulfide) groups is 1. The lowest BCUT2D eigenvalue weighted by Crippen LogP contribution is -2.08. The Morgan fingerprint density at radius 1 is 1.30 bits per heavy atom. The van der Waals surface area contributed by atoms with Gasteiger partial charge in [0.25, 0.3) is 0 Å². The fraction of sp³-hybridized carbons (Fsp3) is 0.267. The zero-order chi connectivity index (χ0) is 14.5. The number of amides is 1. The minimum Gasteiger partial charge on any atom is -0.465 e. The second-order valence-corrected chi connectivity index (χ2v) is 5.77. The first-order valence-corrected chi connectivity index (χ1v) is 7.27. The predicted molar refractivity (Wildman–Crippen MR) is 81.8 cm³/mol. The number of benzene rings is 1. The summed E-state index contributed by atoms with van der Waals surface area (Å²) in [6.07, 6.45) is 0. The van der Waals surface area contributed by atoms with E-state index in [0.29, 0.717) is 6.54 Å². The van der Waals surface area contributed by atoms with Gasteiger partial charge in [0.2, 0.25) is 5.91 Å². The first-order valence-electron chi connectivity index (χ1n) is 6.39. The van der Waals surface area contributed by atoms with Crippen LogP contribution in [0.5, 0.6) is 0 Å². The van der Waals surface area contributed by atoms with Crippen LogP contribution in [-0.2, 0) is 4.79 Å². The summed E-state index contributed by atoms with van der Waals surface area (Å²) >= 11 is 1.65. The first kappa shape index (κ1) is 14.7. The SMILES string of the molecule is CC(=O)Nc1ccc(SC(CN)c2ccc(C)o2)cc1. The van der Waals surface area contributed by atoms with Crippen molar-refractivity contribution in [3.63, 3.8) is 0 Å². The summed E-state index contributed by atoms with van der Waals surface area (Å²) in [6.45, 7) is 3.92. The zero-order valence-electron chi connectivity index (χ0n) is 11.6. The van der Waals surface area contributed by atoms with Crippen LogP contribution in [0.2, 0.25) is 0 Å². The van der Waals surface area contributed by atoms with Gasteiger partial charge in [0.05, 0.1) is 5.25 Å². The van der Waals surface area contributed by atoms with Gasteiger partial charge in [-0.05, 0) is 43.3 Å². The average Bonchev–Trinajstić information content (AvgIpc) is 2.84. The van der Waals surface area contributed by atoms with Crippen molar-refractivity contribution in [1.29, 1.82) is 0 Å². The standard InChI is InChI=1S/C15H18N2O2S/c1-10-3-8-14(19-10)15(9-16)20-13-6-4-12(5-7-13)17-11(2)18/h3-8,15H,9,16H2,1-2H3,(H,17,18). The highest BCUT2D eigenvalue weighted by Gasteiger charge is 2.15. The minimum atomic E-state index is -0.0729. The van der Waals surface area contributed by atoms with Crippen LogP contribution in [0, 0.1) is 6.92 Å². The van der Waals surface area contributed by atoms with Gasteiger partial charge >= 0.3 is 0 Å². The van der Waals surface area contributed by atoms with E-state index in [1.165, 1.54) is 6.92 Å². The molecule has 1 amide bonds. The van der Waals surface area contributed by atoms with Gasteiger partial charge < -0.3 is 15.5 Å². The molecule has 0 aliphatic carbocycles. The number of nitrogens with two attached hydrogens (primary N) is 1. The zero-order valence-corrected chi connectivity index (χ0v) is 12.4. The molecule has 0 aliphatic heterocycles. The molecule has 1 aromatic carbocycles. The molecule has 20 heavy (non-hydrogen) atoms. The van der Waals surface area contributed by atoms with Crippen molar-refractivity contribution in [2.45, 2.75) is 24.0 Å². The molecular weight excluding hydrogens is 272 g/mol. The number of hydrogen-bond donors (Lipinski definition) is 2. The molecule has 3 N–H and O–H groups in total. The molecule has 0 aliphatic rings. The minimum absolute atomic E-state index is 0.0729. The summed E-state index contributed by atoms with van der Waals surface area (Å²) in [5.41, 5.74) is 6.61. The summed E-state index contributed by atoms with van der Waals surface area (Å²) in [7, 11) is 0. The van der Waals surface area contributed by atoms with Crippen LogP contribution in [0.25, 0.3) is 0 Å². The molecule has 0 bridgehead atoms. The van der Waals surface area contributed by atoms with E-state index in [4.69, 9.17) is 10.2 Å². The summed E-state index contributed by atoms with van der Waals surface area (Å²) in [6, 6.07) is 11.6. The van der Waals surface area contributed by atoms with Crippen molar-refractivity contribution >= 4 is 23.4 Å². The van der Waals surface area contributed by atoms with E-state index in [1.54, 1.807) is 11.8 Å². The third-order valence-electron chi connectivity index (χ3n) is 2.75. The summed E-state index contributed by atoms with van der Waals surface area (Å²) in [5.74, 6) is 1.71. The van der Waals surface area contributed by atoms with E-state index < -0.39 is 0 Å². The van der Waals surface area contributed by atoms with Gasteiger partial charge in [0.1, 0.15) is 11.5 Å². The Morgan fingerprint density at radius 3 is 2.50 bits per heavy atom. The van der Waals surface area contributed by atoms with E-state index >= 15 is 0 Å². The average molecular weight is 290 g/mol. The lowest BCUT2D eigenvalue weighted by molar-refractivity contribution is -0.114. The molecule has 0 spiro atoms. The van der Waals surface area contributed by atoms with Crippen molar-refractivity contribution in [3.8, 4) is 0 Å². The van der Waals surface area contributed by atoms with Crippen molar-refractivity contribution in [2.24, 2.45) is 5.73 Å². The highest BCUT2D eigenvalue weighted by molar-refractivity contribution is 7.99. The summed E-state index contributed by atoms with van der Waals surface area (Å²) < 4.78 is 5.63. The normalized spacial score (nSPS) is 12.2. The van der Waals surface area contributed by atoms with E-state index in [0.717, 1.165) is 22.1 Å². The van der Waals surface area contributed by atoms with E-state index in [-0.39, 0.29) is 11.2 Å². The molecule has 5 heteroatoms. The van der Waals surface area contributed by atoms with Crippen LogP contribution in [0.3, 0.4) is 0 Å². The van der Waals surface area contributed by atoms with Crippen LogP contribution in [0.1, 0.15) is 23.7 Å². The number of hydrogen-bond acceptors (Lipinski definition) is 4. The van der Waals surface area contributed by atoms with Crippen LogP contribution in [0.4, 0.5) is 5.69 Å². The van der Waals surface area contributed by atoms with E-state index in [1.807, 2.05) is 43.3 Å². The highest BCUT2D eigenvalue weighted by Crippen LogP contribution is 2.35. The molecule has 4 nitrogen and oxygen atoms in total. The fourth-order valence-electron chi connectivity index (χ4n) is 1.83. The quantitative estimate of drug-likeness (QED) is 0.829. The first-order chi connectivity index (χ1) is 9.58. The van der Waals surface area contributed by atoms with Crippen LogP contribution in [-0.4, -0.2) is 12.5 Å². The Labute approximate surface area is 122 Å². The smallest absolute Gasteiger partial charge is 0.221 e. The molecule has 2 rings (SSSR count). The van der Waals surface area contributed by atoms with Crippen molar-refractivity contribution in [3.05, 3.63) is 47.9 Å². The largest absolute Gasteiger partial charge is 0.465 e. The summed E-state index contributed by atoms with van der Waals surface area (Å²) in [5, 5.41) is 2.84. The maximum Gasteiger partial charge on any atom is 0.221 e. The Morgan fingerprint density at radius 2 is 2.00 bits per heavy atom. The molecule has 106 valence electrons. The molecule has 0 fully saturated rings. The number of aryl methyl sites for hydroxylation is 1. The molecule has 0 radical (unpaired) electrons. The van der Waals surface area contributed by atoms with Gasteiger partial charge in [-0.3, -0.25) is 4.79 Å². The number of anilines is 1. The molecule has 1 heterocycles. The van der Waals surface area contributed by atoms with Gasteiger partial charge in [0.15, 0.2) is 0 Å². The second kappa shape index (κ2) is 6.63. The van der Waals surface area contributed by atoms with Gasteiger partial charge in [-0.15, -0.1) is 11.8 Å². The number of carbonyl (C=O) groups is 1. The molecule has 1 aromatic heterocycles. The molecule has 1 atom stereocenters. The maximum absolute atomic E-state index is 11.0. The molecule has 0 saturated carbocycles. The van der Waals surface area contributed by atoms with E-state index in [9.17, 15) is 4.79 Å². The Balaban J connectivity index is 2.06. The van der Waals surface area contributed by atoms with Crippen LogP contribution in [0.15, 0.2) is 45.7 Å². The van der Waals surface area contributed by atoms with Gasteiger partial charge in [0, 0.05) is 24.1 Å². The lowest BCUT2D eigenvalue weighted by Gasteiger charge is -2.12. The number of furan rings is 1. The van der Waals surface area contributed by atoms with Crippen molar-refractivity contribution in [2.75, 3.05) is 11.9 Å². The lowest BCUT2D eigenvalue weighted by atomic mass is 10.3. The molecular formula is C15H18N2O2S. The molecule has 1 unspecified atom stereocenters. The van der Waals surface area contributed by atoms with Crippen LogP contribution >= 0.6 is 11.8 Å². The van der Waals surface area contributed by atoms with Crippen molar-refractivity contribution in [1.82, 2.24) is 0 Å². The summed E-state index contributed by atoms with van der Waals surface area (Å²) in [4.78, 5) is 12.1. The third-order valence-corrected chi connectivity index (χ3v) is 4.00. The highest BCUT2D eigenvalue weighted by atomic mass is 32.2. The number of nitrogens with one attached hydrogen (secondary N) is 1. The monoisotopic (exact) mass is 290 g/mol.